The minimum atomic E-state index is 0.0451. The highest BCUT2D eigenvalue weighted by Crippen LogP contribution is 2.26. The Hall–Kier alpha value is -1.62. The van der Waals surface area contributed by atoms with Gasteiger partial charge in [0.25, 0.3) is 5.91 Å². The second kappa shape index (κ2) is 7.41. The molecule has 2 heterocycles. The van der Waals surface area contributed by atoms with Crippen molar-refractivity contribution in [1.82, 2.24) is 14.7 Å². The molecule has 0 bridgehead atoms. The molecule has 0 N–H and O–H groups in total. The van der Waals surface area contributed by atoms with Crippen LogP contribution >= 0.6 is 11.3 Å². The fraction of sp³-hybridized carbons (Fsp3) is 0.500. The maximum atomic E-state index is 12.6. The van der Waals surface area contributed by atoms with Crippen molar-refractivity contribution in [2.45, 2.75) is 40.2 Å². The SMILES string of the molecule is CCCN(CCC)C(=O)c1cc(-c2cccs2)n(CC)n1. The molecule has 0 unspecified atom stereocenters. The van der Waals surface area contributed by atoms with E-state index in [1.165, 1.54) is 0 Å². The number of rotatable bonds is 7. The van der Waals surface area contributed by atoms with E-state index < -0.39 is 0 Å². The lowest BCUT2D eigenvalue weighted by Crippen LogP contribution is -2.32. The Labute approximate surface area is 130 Å². The number of carbonyl (C=O) groups excluding carboxylic acids is 1. The van der Waals surface area contributed by atoms with Crippen molar-refractivity contribution in [2.24, 2.45) is 0 Å². The molecule has 0 fully saturated rings. The van der Waals surface area contributed by atoms with Gasteiger partial charge in [-0.05, 0) is 37.3 Å². The Morgan fingerprint density at radius 2 is 2.00 bits per heavy atom. The zero-order valence-electron chi connectivity index (χ0n) is 13.0. The zero-order valence-corrected chi connectivity index (χ0v) is 13.8. The highest BCUT2D eigenvalue weighted by Gasteiger charge is 2.20. The number of nitrogens with zero attached hydrogens (tertiary/aromatic N) is 3. The van der Waals surface area contributed by atoms with Crippen LogP contribution in [-0.4, -0.2) is 33.7 Å². The number of carbonyl (C=O) groups is 1. The first-order chi connectivity index (χ1) is 10.2. The van der Waals surface area contributed by atoms with E-state index in [2.05, 4.69) is 25.0 Å². The predicted molar refractivity (Wildman–Crippen MR) is 87.7 cm³/mol. The van der Waals surface area contributed by atoms with Crippen molar-refractivity contribution >= 4 is 17.2 Å². The van der Waals surface area contributed by atoms with Gasteiger partial charge in [0.05, 0.1) is 10.6 Å². The van der Waals surface area contributed by atoms with Crippen LogP contribution in [0.25, 0.3) is 10.6 Å². The highest BCUT2D eigenvalue weighted by molar-refractivity contribution is 7.13. The van der Waals surface area contributed by atoms with Gasteiger partial charge in [-0.25, -0.2) is 0 Å². The molecule has 5 heteroatoms. The highest BCUT2D eigenvalue weighted by atomic mass is 32.1. The Kier molecular flexibility index (Phi) is 5.56. The van der Waals surface area contributed by atoms with E-state index in [4.69, 9.17) is 0 Å². The molecule has 4 nitrogen and oxygen atoms in total. The van der Waals surface area contributed by atoms with Crippen LogP contribution in [0.4, 0.5) is 0 Å². The predicted octanol–water partition coefficient (Wildman–Crippen LogP) is 3.89. The molecule has 0 saturated heterocycles. The third kappa shape index (κ3) is 3.53. The van der Waals surface area contributed by atoms with Crippen molar-refractivity contribution in [3.05, 3.63) is 29.3 Å². The van der Waals surface area contributed by atoms with Gasteiger partial charge in [0.15, 0.2) is 5.69 Å². The van der Waals surface area contributed by atoms with Crippen LogP contribution in [0.15, 0.2) is 23.6 Å². The Morgan fingerprint density at radius 3 is 2.52 bits per heavy atom. The van der Waals surface area contributed by atoms with Crippen molar-refractivity contribution in [2.75, 3.05) is 13.1 Å². The summed E-state index contributed by atoms with van der Waals surface area (Å²) in [4.78, 5) is 15.7. The van der Waals surface area contributed by atoms with Gasteiger partial charge in [-0.2, -0.15) is 5.10 Å². The van der Waals surface area contributed by atoms with Crippen molar-refractivity contribution in [1.29, 1.82) is 0 Å². The quantitative estimate of drug-likeness (QED) is 0.778. The van der Waals surface area contributed by atoms with E-state index in [1.807, 2.05) is 34.0 Å². The second-order valence-corrected chi connectivity index (χ2v) is 5.95. The van der Waals surface area contributed by atoms with E-state index in [1.54, 1.807) is 11.3 Å². The number of amides is 1. The van der Waals surface area contributed by atoms with Crippen LogP contribution in [0.3, 0.4) is 0 Å². The van der Waals surface area contributed by atoms with Gasteiger partial charge in [0, 0.05) is 19.6 Å². The number of thiophene rings is 1. The molecule has 0 aliphatic heterocycles. The van der Waals surface area contributed by atoms with Gasteiger partial charge in [-0.1, -0.05) is 19.9 Å². The summed E-state index contributed by atoms with van der Waals surface area (Å²) in [6.07, 6.45) is 1.94. The topological polar surface area (TPSA) is 38.1 Å². The number of hydrogen-bond acceptors (Lipinski definition) is 3. The van der Waals surface area contributed by atoms with Crippen LogP contribution in [0.5, 0.6) is 0 Å². The van der Waals surface area contributed by atoms with Crippen molar-refractivity contribution < 1.29 is 4.79 Å². The smallest absolute Gasteiger partial charge is 0.274 e. The van der Waals surface area contributed by atoms with Gasteiger partial charge in [0.1, 0.15) is 0 Å². The molecule has 0 aliphatic carbocycles. The van der Waals surface area contributed by atoms with Crippen LogP contribution in [0.2, 0.25) is 0 Å². The Balaban J connectivity index is 2.29. The molecule has 0 saturated carbocycles. The van der Waals surface area contributed by atoms with Gasteiger partial charge >= 0.3 is 0 Å². The monoisotopic (exact) mass is 305 g/mol. The van der Waals surface area contributed by atoms with E-state index in [9.17, 15) is 4.79 Å². The van der Waals surface area contributed by atoms with Gasteiger partial charge in [0.2, 0.25) is 0 Å². The molecule has 2 rings (SSSR count). The largest absolute Gasteiger partial charge is 0.337 e. The standard InChI is InChI=1S/C16H23N3OS/c1-4-9-18(10-5-2)16(20)13-12-14(19(6-3)17-13)15-8-7-11-21-15/h7-8,11-12H,4-6,9-10H2,1-3H3. The maximum Gasteiger partial charge on any atom is 0.274 e. The molecule has 0 aromatic carbocycles. The lowest BCUT2D eigenvalue weighted by atomic mass is 10.2. The van der Waals surface area contributed by atoms with Crippen LogP contribution in [-0.2, 0) is 6.54 Å². The minimum Gasteiger partial charge on any atom is -0.337 e. The fourth-order valence-corrected chi connectivity index (χ4v) is 3.15. The van der Waals surface area contributed by atoms with Crippen molar-refractivity contribution in [3.63, 3.8) is 0 Å². The third-order valence-corrected chi connectivity index (χ3v) is 4.24. The molecule has 1 amide bonds. The van der Waals surface area contributed by atoms with Crippen molar-refractivity contribution in [3.8, 4) is 10.6 Å². The van der Waals surface area contributed by atoms with Gasteiger partial charge in [-0.15, -0.1) is 11.3 Å². The van der Waals surface area contributed by atoms with E-state index in [0.29, 0.717) is 5.69 Å². The lowest BCUT2D eigenvalue weighted by molar-refractivity contribution is 0.0748. The first-order valence-corrected chi connectivity index (χ1v) is 8.50. The summed E-state index contributed by atoms with van der Waals surface area (Å²) in [5.74, 6) is 0.0451. The number of aromatic nitrogens is 2. The minimum absolute atomic E-state index is 0.0451. The number of hydrogen-bond donors (Lipinski definition) is 0. The van der Waals surface area contributed by atoms with Gasteiger partial charge < -0.3 is 4.90 Å². The molecule has 0 radical (unpaired) electrons. The zero-order chi connectivity index (χ0) is 15.2. The molecule has 0 aliphatic rings. The fourth-order valence-electron chi connectivity index (χ4n) is 2.40. The normalized spacial score (nSPS) is 10.8. The number of aryl methyl sites for hydroxylation is 1. The third-order valence-electron chi connectivity index (χ3n) is 3.35. The van der Waals surface area contributed by atoms with Crippen LogP contribution < -0.4 is 0 Å². The average Bonchev–Trinajstić information content (AvgIpc) is 3.14. The maximum absolute atomic E-state index is 12.6. The lowest BCUT2D eigenvalue weighted by Gasteiger charge is -2.20. The molecule has 2 aromatic rings. The summed E-state index contributed by atoms with van der Waals surface area (Å²) in [6.45, 7) is 8.59. The Morgan fingerprint density at radius 1 is 1.29 bits per heavy atom. The van der Waals surface area contributed by atoms with E-state index in [-0.39, 0.29) is 5.91 Å². The van der Waals surface area contributed by atoms with Crippen LogP contribution in [0.1, 0.15) is 44.1 Å². The molecule has 21 heavy (non-hydrogen) atoms. The van der Waals surface area contributed by atoms with Gasteiger partial charge in [-0.3, -0.25) is 9.48 Å². The Bertz CT molecular complexity index is 568. The summed E-state index contributed by atoms with van der Waals surface area (Å²) >= 11 is 1.67. The molecular weight excluding hydrogens is 282 g/mol. The summed E-state index contributed by atoms with van der Waals surface area (Å²) < 4.78 is 1.91. The van der Waals surface area contributed by atoms with E-state index in [0.717, 1.165) is 43.0 Å². The first-order valence-electron chi connectivity index (χ1n) is 7.62. The summed E-state index contributed by atoms with van der Waals surface area (Å²) in [6, 6.07) is 6.02. The first kappa shape index (κ1) is 15.8. The molecule has 114 valence electrons. The summed E-state index contributed by atoms with van der Waals surface area (Å²) in [5.41, 5.74) is 1.59. The van der Waals surface area contributed by atoms with E-state index >= 15 is 0 Å². The molecule has 0 spiro atoms. The average molecular weight is 305 g/mol. The molecule has 2 aromatic heterocycles. The second-order valence-electron chi connectivity index (χ2n) is 5.00. The summed E-state index contributed by atoms with van der Waals surface area (Å²) in [7, 11) is 0. The molecule has 0 atom stereocenters. The summed E-state index contributed by atoms with van der Waals surface area (Å²) in [5, 5.41) is 6.55. The van der Waals surface area contributed by atoms with Crippen LogP contribution in [0, 0.1) is 0 Å². The molecular formula is C16H23N3OS.